The quantitative estimate of drug-likeness (QED) is 0.855. The number of methoxy groups -OCH3 is 1. The molecule has 1 aromatic carbocycles. The Labute approximate surface area is 148 Å². The summed E-state index contributed by atoms with van der Waals surface area (Å²) in [6.07, 6.45) is 2.91. The minimum absolute atomic E-state index is 0. The van der Waals surface area contributed by atoms with E-state index in [0.29, 0.717) is 35.7 Å². The van der Waals surface area contributed by atoms with Crippen LogP contribution in [0.15, 0.2) is 22.7 Å². The lowest BCUT2D eigenvalue weighted by molar-refractivity contribution is 0.229. The van der Waals surface area contributed by atoms with Gasteiger partial charge in [0.05, 0.1) is 19.3 Å². The zero-order valence-corrected chi connectivity index (χ0v) is 15.1. The van der Waals surface area contributed by atoms with E-state index >= 15 is 0 Å². The lowest BCUT2D eigenvalue weighted by Gasteiger charge is -2.34. The number of hydrogen-bond acceptors (Lipinski definition) is 6. The lowest BCUT2D eigenvalue weighted by atomic mass is 9.77. The molecule has 0 amide bonds. The van der Waals surface area contributed by atoms with Crippen LogP contribution in [0.4, 0.5) is 0 Å². The molecule has 24 heavy (non-hydrogen) atoms. The van der Waals surface area contributed by atoms with Gasteiger partial charge in [-0.15, -0.1) is 12.4 Å². The Bertz CT molecular complexity index is 683. The summed E-state index contributed by atoms with van der Waals surface area (Å²) in [5.41, 5.74) is 6.60. The molecule has 0 unspecified atom stereocenters. The Morgan fingerprint density at radius 1 is 1.29 bits per heavy atom. The molecule has 0 radical (unpaired) electrons. The molecule has 1 aromatic heterocycles. The summed E-state index contributed by atoms with van der Waals surface area (Å²) < 4.78 is 16.5. The van der Waals surface area contributed by atoms with Gasteiger partial charge in [-0.05, 0) is 43.4 Å². The van der Waals surface area contributed by atoms with E-state index in [-0.39, 0.29) is 12.4 Å². The van der Waals surface area contributed by atoms with Crippen LogP contribution in [0, 0.1) is 5.92 Å². The molecule has 0 aliphatic heterocycles. The Morgan fingerprint density at radius 3 is 2.62 bits per heavy atom. The van der Waals surface area contributed by atoms with Crippen LogP contribution >= 0.6 is 12.4 Å². The molecule has 3 rings (SSSR count). The van der Waals surface area contributed by atoms with Crippen LogP contribution in [0.2, 0.25) is 0 Å². The zero-order valence-electron chi connectivity index (χ0n) is 14.2. The highest BCUT2D eigenvalue weighted by Crippen LogP contribution is 2.38. The predicted molar refractivity (Wildman–Crippen MR) is 93.6 cm³/mol. The summed E-state index contributed by atoms with van der Waals surface area (Å²) in [7, 11) is 1.61. The molecule has 1 saturated carbocycles. The summed E-state index contributed by atoms with van der Waals surface area (Å²) in [6.45, 7) is 4.84. The van der Waals surface area contributed by atoms with Crippen molar-refractivity contribution in [2.24, 2.45) is 11.7 Å². The topological polar surface area (TPSA) is 83.4 Å². The highest BCUT2D eigenvalue weighted by molar-refractivity contribution is 5.85. The molecule has 132 valence electrons. The van der Waals surface area contributed by atoms with E-state index in [1.54, 1.807) is 7.11 Å². The van der Waals surface area contributed by atoms with Crippen LogP contribution in [-0.4, -0.2) is 23.9 Å². The van der Waals surface area contributed by atoms with Crippen molar-refractivity contribution in [2.45, 2.75) is 38.6 Å². The number of nitrogens with two attached hydrogens (primary N) is 1. The van der Waals surface area contributed by atoms with Gasteiger partial charge in [0.1, 0.15) is 0 Å². The average molecular weight is 354 g/mol. The number of hydrogen-bond donors (Lipinski definition) is 1. The Morgan fingerprint density at radius 2 is 2.04 bits per heavy atom. The van der Waals surface area contributed by atoms with E-state index in [1.165, 1.54) is 0 Å². The van der Waals surface area contributed by atoms with Gasteiger partial charge in [-0.1, -0.05) is 19.0 Å². The summed E-state index contributed by atoms with van der Waals surface area (Å²) in [6, 6.07) is 5.60. The monoisotopic (exact) mass is 353 g/mol. The molecule has 1 aliphatic rings. The minimum Gasteiger partial charge on any atom is -0.493 e. The zero-order chi connectivity index (χ0) is 16.4. The molecule has 1 heterocycles. The third-order valence-corrected chi connectivity index (χ3v) is 4.10. The van der Waals surface area contributed by atoms with Gasteiger partial charge in [-0.2, -0.15) is 4.98 Å². The SMILES string of the molecule is COc1cc(-c2nc(C3(N)CCC3)no2)ccc1OCC(C)C.Cl. The second-order valence-electron chi connectivity index (χ2n) is 6.50. The van der Waals surface area contributed by atoms with E-state index < -0.39 is 5.54 Å². The fourth-order valence-corrected chi connectivity index (χ4v) is 2.50. The molecule has 0 atom stereocenters. The highest BCUT2D eigenvalue weighted by atomic mass is 35.5. The Kier molecular flexibility index (Phi) is 5.72. The third kappa shape index (κ3) is 3.65. The molecule has 2 N–H and O–H groups in total. The number of ether oxygens (including phenoxy) is 2. The van der Waals surface area contributed by atoms with Gasteiger partial charge in [0.25, 0.3) is 5.89 Å². The maximum Gasteiger partial charge on any atom is 0.258 e. The predicted octanol–water partition coefficient (Wildman–Crippen LogP) is 3.54. The van der Waals surface area contributed by atoms with E-state index in [1.807, 2.05) is 18.2 Å². The van der Waals surface area contributed by atoms with Crippen molar-refractivity contribution in [3.8, 4) is 23.0 Å². The summed E-state index contributed by atoms with van der Waals surface area (Å²) >= 11 is 0. The van der Waals surface area contributed by atoms with E-state index in [4.69, 9.17) is 19.7 Å². The van der Waals surface area contributed by atoms with Gasteiger partial charge in [0, 0.05) is 5.56 Å². The molecular weight excluding hydrogens is 330 g/mol. The van der Waals surface area contributed by atoms with Crippen molar-refractivity contribution in [3.63, 3.8) is 0 Å². The van der Waals surface area contributed by atoms with Crippen molar-refractivity contribution in [2.75, 3.05) is 13.7 Å². The maximum absolute atomic E-state index is 6.23. The van der Waals surface area contributed by atoms with Gasteiger partial charge in [-0.3, -0.25) is 0 Å². The van der Waals surface area contributed by atoms with Crippen LogP contribution in [0.1, 0.15) is 38.9 Å². The number of nitrogens with zero attached hydrogens (tertiary/aromatic N) is 2. The number of rotatable bonds is 6. The second kappa shape index (κ2) is 7.40. The fraction of sp³-hybridized carbons (Fsp3) is 0.529. The van der Waals surface area contributed by atoms with Gasteiger partial charge >= 0.3 is 0 Å². The molecule has 0 bridgehead atoms. The summed E-state index contributed by atoms with van der Waals surface area (Å²) in [5, 5.41) is 4.04. The van der Waals surface area contributed by atoms with E-state index in [2.05, 4.69) is 24.0 Å². The first-order chi connectivity index (χ1) is 11.0. The van der Waals surface area contributed by atoms with Crippen LogP contribution in [0.3, 0.4) is 0 Å². The van der Waals surface area contributed by atoms with Crippen LogP contribution in [0.5, 0.6) is 11.5 Å². The van der Waals surface area contributed by atoms with Crippen molar-refractivity contribution in [3.05, 3.63) is 24.0 Å². The molecular formula is C17H24ClN3O3. The Hall–Kier alpha value is -1.79. The lowest BCUT2D eigenvalue weighted by Crippen LogP contribution is -2.44. The molecule has 1 aliphatic carbocycles. The van der Waals surface area contributed by atoms with Crippen LogP contribution < -0.4 is 15.2 Å². The standard InChI is InChI=1S/C17H23N3O3.ClH/c1-11(2)10-22-13-6-5-12(9-14(13)21-3)15-19-16(20-23-15)17(18)7-4-8-17;/h5-6,9,11H,4,7-8,10,18H2,1-3H3;1H. The maximum atomic E-state index is 6.23. The first-order valence-corrected chi connectivity index (χ1v) is 7.96. The molecule has 1 fully saturated rings. The smallest absolute Gasteiger partial charge is 0.258 e. The number of benzene rings is 1. The summed E-state index contributed by atoms with van der Waals surface area (Å²) in [4.78, 5) is 4.45. The van der Waals surface area contributed by atoms with Gasteiger partial charge < -0.3 is 19.7 Å². The van der Waals surface area contributed by atoms with Gasteiger partial charge in [-0.25, -0.2) is 0 Å². The van der Waals surface area contributed by atoms with Crippen LogP contribution in [0.25, 0.3) is 11.5 Å². The van der Waals surface area contributed by atoms with E-state index in [0.717, 1.165) is 24.8 Å². The van der Waals surface area contributed by atoms with Crippen LogP contribution in [-0.2, 0) is 5.54 Å². The average Bonchev–Trinajstić information content (AvgIpc) is 3.00. The van der Waals surface area contributed by atoms with Gasteiger partial charge in [0.15, 0.2) is 17.3 Å². The van der Waals surface area contributed by atoms with Crippen molar-refractivity contribution >= 4 is 12.4 Å². The minimum atomic E-state index is -0.424. The molecule has 7 heteroatoms. The largest absolute Gasteiger partial charge is 0.493 e. The van der Waals surface area contributed by atoms with Crippen molar-refractivity contribution in [1.82, 2.24) is 10.1 Å². The molecule has 0 spiro atoms. The fourth-order valence-electron chi connectivity index (χ4n) is 2.50. The van der Waals surface area contributed by atoms with Gasteiger partial charge in [0.2, 0.25) is 0 Å². The highest BCUT2D eigenvalue weighted by Gasteiger charge is 2.39. The number of halogens is 1. The van der Waals surface area contributed by atoms with Crippen molar-refractivity contribution < 1.29 is 14.0 Å². The Balaban J connectivity index is 0.00000208. The second-order valence-corrected chi connectivity index (χ2v) is 6.50. The normalized spacial score (nSPS) is 15.5. The van der Waals surface area contributed by atoms with E-state index in [9.17, 15) is 0 Å². The van der Waals surface area contributed by atoms with Crippen molar-refractivity contribution in [1.29, 1.82) is 0 Å². The summed E-state index contributed by atoms with van der Waals surface area (Å²) in [5.74, 6) is 2.83. The number of aromatic nitrogens is 2. The molecule has 2 aromatic rings. The first kappa shape index (κ1) is 18.5. The third-order valence-electron chi connectivity index (χ3n) is 4.10. The molecule has 6 nitrogen and oxygen atoms in total. The first-order valence-electron chi connectivity index (χ1n) is 7.96. The molecule has 0 saturated heterocycles.